The molecule has 9 nitrogen and oxygen atoms in total. The molecule has 3 rings (SSSR count). The maximum atomic E-state index is 10.9. The van der Waals surface area contributed by atoms with Crippen molar-refractivity contribution >= 4 is 17.4 Å². The van der Waals surface area contributed by atoms with Gasteiger partial charge in [-0.1, -0.05) is 12.1 Å². The quantitative estimate of drug-likeness (QED) is 0.695. The number of carbonyl (C=O) groups excluding carboxylic acids is 1. The molecule has 3 N–H and O–H groups in total. The molecule has 0 unspecified atom stereocenters. The molecule has 108 valence electrons. The van der Waals surface area contributed by atoms with Crippen LogP contribution in [0.25, 0.3) is 5.65 Å². The van der Waals surface area contributed by atoms with E-state index in [0.29, 0.717) is 0 Å². The van der Waals surface area contributed by atoms with Crippen molar-refractivity contribution in [2.24, 2.45) is 5.73 Å². The number of nitrogens with two attached hydrogens (primary N) is 1. The van der Waals surface area contributed by atoms with Crippen molar-refractivity contribution in [3.63, 3.8) is 0 Å². The van der Waals surface area contributed by atoms with E-state index < -0.39 is 5.91 Å². The van der Waals surface area contributed by atoms with Gasteiger partial charge in [-0.3, -0.25) is 4.79 Å². The van der Waals surface area contributed by atoms with E-state index in [1.165, 1.54) is 0 Å². The number of aromatic nitrogens is 5. The van der Waals surface area contributed by atoms with E-state index in [1.807, 2.05) is 19.1 Å². The summed E-state index contributed by atoms with van der Waals surface area (Å²) in [4.78, 5) is 19.2. The molecule has 0 saturated heterocycles. The zero-order chi connectivity index (χ0) is 14.8. The third-order valence-corrected chi connectivity index (χ3v) is 2.88. The van der Waals surface area contributed by atoms with E-state index in [0.717, 1.165) is 23.6 Å². The molecule has 3 heterocycles. The number of hydrogen-bond donors (Lipinski definition) is 2. The molecule has 0 atom stereocenters. The summed E-state index contributed by atoms with van der Waals surface area (Å²) in [6.45, 7) is 2.28. The molecular weight excluding hydrogens is 274 g/mol. The third kappa shape index (κ3) is 2.53. The van der Waals surface area contributed by atoms with Crippen LogP contribution in [0.15, 0.2) is 22.9 Å². The fourth-order valence-electron chi connectivity index (χ4n) is 1.86. The van der Waals surface area contributed by atoms with Crippen molar-refractivity contribution in [3.05, 3.63) is 35.7 Å². The Hall–Kier alpha value is -2.97. The van der Waals surface area contributed by atoms with Gasteiger partial charge in [-0.05, 0) is 6.42 Å². The van der Waals surface area contributed by atoms with Crippen molar-refractivity contribution in [2.45, 2.75) is 19.9 Å². The number of nitrogens with zero attached hydrogens (tertiary/aromatic N) is 5. The van der Waals surface area contributed by atoms with Gasteiger partial charge < -0.3 is 15.6 Å². The summed E-state index contributed by atoms with van der Waals surface area (Å²) in [5, 5.41) is 10.8. The van der Waals surface area contributed by atoms with Crippen LogP contribution in [0.1, 0.15) is 29.1 Å². The number of hydrogen-bond acceptors (Lipinski definition) is 7. The Kier molecular flexibility index (Phi) is 3.22. The first kappa shape index (κ1) is 13.0. The number of aryl methyl sites for hydroxylation is 1. The van der Waals surface area contributed by atoms with Gasteiger partial charge in [0.15, 0.2) is 5.65 Å². The molecule has 0 aliphatic rings. The van der Waals surface area contributed by atoms with Crippen LogP contribution in [0.2, 0.25) is 0 Å². The molecule has 0 radical (unpaired) electrons. The highest BCUT2D eigenvalue weighted by atomic mass is 16.5. The van der Waals surface area contributed by atoms with Gasteiger partial charge in [0.2, 0.25) is 5.89 Å². The second kappa shape index (κ2) is 5.19. The maximum Gasteiger partial charge on any atom is 0.290 e. The topological polar surface area (TPSA) is 124 Å². The van der Waals surface area contributed by atoms with Gasteiger partial charge in [0.1, 0.15) is 5.82 Å². The largest absolute Gasteiger partial charge is 0.363 e. The smallest absolute Gasteiger partial charge is 0.290 e. The third-order valence-electron chi connectivity index (χ3n) is 2.88. The fourth-order valence-corrected chi connectivity index (χ4v) is 1.86. The normalized spacial score (nSPS) is 10.9. The first-order chi connectivity index (χ1) is 10.2. The molecule has 0 spiro atoms. The van der Waals surface area contributed by atoms with Crippen molar-refractivity contribution in [2.75, 3.05) is 5.32 Å². The van der Waals surface area contributed by atoms with Crippen LogP contribution in [0.4, 0.5) is 5.82 Å². The molecule has 0 aliphatic heterocycles. The first-order valence-electron chi connectivity index (χ1n) is 6.37. The van der Waals surface area contributed by atoms with Gasteiger partial charge in [0, 0.05) is 17.8 Å². The number of amides is 1. The number of primary amides is 1. The van der Waals surface area contributed by atoms with E-state index in [-0.39, 0.29) is 18.3 Å². The minimum Gasteiger partial charge on any atom is -0.363 e. The summed E-state index contributed by atoms with van der Waals surface area (Å²) in [6, 6.07) is 3.72. The average molecular weight is 287 g/mol. The van der Waals surface area contributed by atoms with E-state index in [4.69, 9.17) is 10.3 Å². The lowest BCUT2D eigenvalue weighted by molar-refractivity contribution is 0.0987. The predicted octanol–water partition coefficient (Wildman–Crippen LogP) is 0.386. The molecule has 0 fully saturated rings. The van der Waals surface area contributed by atoms with Crippen LogP contribution < -0.4 is 11.1 Å². The molecule has 1 amide bonds. The van der Waals surface area contributed by atoms with E-state index >= 15 is 0 Å². The number of fused-ring (bicyclic) bond motifs is 1. The SMILES string of the molecule is CCc1cc(NCc2nc(C(N)=O)no2)n2nccc2n1. The molecule has 0 aromatic carbocycles. The van der Waals surface area contributed by atoms with Gasteiger partial charge in [-0.2, -0.15) is 14.6 Å². The molecule has 3 aromatic rings. The van der Waals surface area contributed by atoms with E-state index in [1.54, 1.807) is 10.7 Å². The Morgan fingerprint density at radius 3 is 3.05 bits per heavy atom. The number of carbonyl (C=O) groups is 1. The molecule has 9 heteroatoms. The summed E-state index contributed by atoms with van der Waals surface area (Å²) in [7, 11) is 0. The number of rotatable bonds is 5. The van der Waals surface area contributed by atoms with Crippen molar-refractivity contribution in [1.29, 1.82) is 0 Å². The molecule has 0 saturated carbocycles. The Morgan fingerprint density at radius 1 is 1.48 bits per heavy atom. The van der Waals surface area contributed by atoms with Gasteiger partial charge in [0.05, 0.1) is 12.7 Å². The second-order valence-corrected chi connectivity index (χ2v) is 4.32. The van der Waals surface area contributed by atoms with E-state index in [2.05, 4.69) is 25.5 Å². The molecule has 0 bridgehead atoms. The number of anilines is 1. The standard InChI is InChI=1S/C12H13N7O2/c1-2-7-5-9(19-8(16-7)3-4-15-19)14-6-10-17-12(11(13)20)18-21-10/h3-5,14H,2,6H2,1H3,(H2,13,20). The summed E-state index contributed by atoms with van der Waals surface area (Å²) in [5.74, 6) is 0.149. The second-order valence-electron chi connectivity index (χ2n) is 4.32. The van der Waals surface area contributed by atoms with Crippen molar-refractivity contribution in [1.82, 2.24) is 24.7 Å². The van der Waals surface area contributed by atoms with Crippen LogP contribution in [-0.4, -0.2) is 30.6 Å². The summed E-state index contributed by atoms with van der Waals surface area (Å²) in [6.07, 6.45) is 2.48. The average Bonchev–Trinajstić information content (AvgIpc) is 3.13. The lowest BCUT2D eigenvalue weighted by Crippen LogP contribution is -2.13. The van der Waals surface area contributed by atoms with E-state index in [9.17, 15) is 4.79 Å². The molecule has 21 heavy (non-hydrogen) atoms. The minimum absolute atomic E-state index is 0.139. The van der Waals surface area contributed by atoms with Gasteiger partial charge in [-0.15, -0.1) is 0 Å². The van der Waals surface area contributed by atoms with Crippen molar-refractivity contribution < 1.29 is 9.32 Å². The van der Waals surface area contributed by atoms with Crippen LogP contribution in [0.5, 0.6) is 0 Å². The summed E-state index contributed by atoms with van der Waals surface area (Å²) >= 11 is 0. The predicted molar refractivity (Wildman–Crippen MR) is 72.5 cm³/mol. The molecule has 3 aromatic heterocycles. The highest BCUT2D eigenvalue weighted by Gasteiger charge is 2.12. The Morgan fingerprint density at radius 2 is 2.33 bits per heavy atom. The monoisotopic (exact) mass is 287 g/mol. The maximum absolute atomic E-state index is 10.9. The summed E-state index contributed by atoms with van der Waals surface area (Å²) in [5.41, 5.74) is 6.75. The van der Waals surface area contributed by atoms with Gasteiger partial charge in [-0.25, -0.2) is 4.98 Å². The Balaban J connectivity index is 1.83. The van der Waals surface area contributed by atoms with Crippen molar-refractivity contribution in [3.8, 4) is 0 Å². The first-order valence-corrected chi connectivity index (χ1v) is 6.37. The summed E-state index contributed by atoms with van der Waals surface area (Å²) < 4.78 is 6.60. The zero-order valence-electron chi connectivity index (χ0n) is 11.3. The Labute approximate surface area is 119 Å². The number of nitrogens with one attached hydrogen (secondary N) is 1. The fraction of sp³-hybridized carbons (Fsp3) is 0.250. The van der Waals surface area contributed by atoms with Gasteiger partial charge in [0.25, 0.3) is 11.7 Å². The molecular formula is C12H13N7O2. The minimum atomic E-state index is -0.725. The Bertz CT molecular complexity index is 792. The van der Waals surface area contributed by atoms with Crippen LogP contribution in [0.3, 0.4) is 0 Å². The van der Waals surface area contributed by atoms with Crippen LogP contribution in [-0.2, 0) is 13.0 Å². The highest BCUT2D eigenvalue weighted by molar-refractivity contribution is 5.88. The lowest BCUT2D eigenvalue weighted by atomic mass is 10.3. The molecule has 0 aliphatic carbocycles. The van der Waals surface area contributed by atoms with Crippen LogP contribution >= 0.6 is 0 Å². The highest BCUT2D eigenvalue weighted by Crippen LogP contribution is 2.13. The van der Waals surface area contributed by atoms with Gasteiger partial charge >= 0.3 is 0 Å². The van der Waals surface area contributed by atoms with Crippen LogP contribution in [0, 0.1) is 0 Å². The lowest BCUT2D eigenvalue weighted by Gasteiger charge is -2.07. The zero-order valence-corrected chi connectivity index (χ0v) is 11.3.